The lowest BCUT2D eigenvalue weighted by molar-refractivity contribution is 0.401. The van der Waals surface area contributed by atoms with Gasteiger partial charge >= 0.3 is 0 Å². The second-order valence-corrected chi connectivity index (χ2v) is 5.27. The number of hydrogen-bond acceptors (Lipinski definition) is 5. The van der Waals surface area contributed by atoms with Crippen LogP contribution >= 0.6 is 15.9 Å². The molecule has 0 fully saturated rings. The predicted molar refractivity (Wildman–Crippen MR) is 80.0 cm³/mol. The SMILES string of the molecule is COc1ncnc2c1nc(N)n2-c1cc(F)c(Br)cc1C. The number of aryl methyl sites for hydroxylation is 1. The number of fused-ring (bicyclic) bond motifs is 1. The third kappa shape index (κ3) is 2.11. The van der Waals surface area contributed by atoms with E-state index < -0.39 is 5.82 Å². The molecule has 0 saturated carbocycles. The van der Waals surface area contributed by atoms with Crippen molar-refractivity contribution in [3.05, 3.63) is 34.3 Å². The Morgan fingerprint density at radius 3 is 2.81 bits per heavy atom. The van der Waals surface area contributed by atoms with Crippen LogP contribution in [0, 0.1) is 12.7 Å². The highest BCUT2D eigenvalue weighted by Gasteiger charge is 2.18. The summed E-state index contributed by atoms with van der Waals surface area (Å²) in [6.07, 6.45) is 1.35. The number of anilines is 1. The first kappa shape index (κ1) is 13.7. The minimum absolute atomic E-state index is 0.189. The molecule has 0 saturated heterocycles. The maximum Gasteiger partial charge on any atom is 0.245 e. The Balaban J connectivity index is 2.36. The van der Waals surface area contributed by atoms with Gasteiger partial charge in [0.1, 0.15) is 12.1 Å². The van der Waals surface area contributed by atoms with Crippen LogP contribution in [0.4, 0.5) is 10.3 Å². The number of ether oxygens (including phenoxy) is 1. The molecule has 2 heterocycles. The Morgan fingerprint density at radius 1 is 1.33 bits per heavy atom. The molecule has 0 aliphatic carbocycles. The molecule has 8 heteroatoms. The maximum absolute atomic E-state index is 13.8. The van der Waals surface area contributed by atoms with Crippen molar-refractivity contribution in [1.29, 1.82) is 0 Å². The van der Waals surface area contributed by atoms with E-state index in [1.165, 1.54) is 19.5 Å². The third-order valence-corrected chi connectivity index (χ3v) is 3.72. The zero-order valence-corrected chi connectivity index (χ0v) is 12.8. The van der Waals surface area contributed by atoms with Crippen LogP contribution in [0.2, 0.25) is 0 Å². The normalized spacial score (nSPS) is 11.0. The van der Waals surface area contributed by atoms with Crippen LogP contribution in [-0.4, -0.2) is 26.6 Å². The summed E-state index contributed by atoms with van der Waals surface area (Å²) >= 11 is 3.16. The number of rotatable bonds is 2. The number of imidazole rings is 1. The number of benzene rings is 1. The van der Waals surface area contributed by atoms with Gasteiger partial charge in [0, 0.05) is 0 Å². The van der Waals surface area contributed by atoms with Crippen molar-refractivity contribution >= 4 is 33.0 Å². The average Bonchev–Trinajstić information content (AvgIpc) is 2.79. The summed E-state index contributed by atoms with van der Waals surface area (Å²) in [5, 5.41) is 0. The van der Waals surface area contributed by atoms with Gasteiger partial charge in [0.25, 0.3) is 0 Å². The smallest absolute Gasteiger partial charge is 0.245 e. The van der Waals surface area contributed by atoms with Crippen molar-refractivity contribution < 1.29 is 9.13 Å². The highest BCUT2D eigenvalue weighted by molar-refractivity contribution is 9.10. The van der Waals surface area contributed by atoms with Crippen LogP contribution < -0.4 is 10.5 Å². The number of methoxy groups -OCH3 is 1. The molecular weight excluding hydrogens is 341 g/mol. The summed E-state index contributed by atoms with van der Waals surface area (Å²) in [7, 11) is 1.49. The number of hydrogen-bond donors (Lipinski definition) is 1. The topological polar surface area (TPSA) is 78.8 Å². The van der Waals surface area contributed by atoms with Crippen LogP contribution in [0.25, 0.3) is 16.9 Å². The van der Waals surface area contributed by atoms with Gasteiger partial charge in [-0.1, -0.05) is 0 Å². The molecule has 0 amide bonds. The van der Waals surface area contributed by atoms with E-state index in [0.717, 1.165) is 5.56 Å². The minimum Gasteiger partial charge on any atom is -0.479 e. The minimum atomic E-state index is -0.391. The maximum atomic E-state index is 13.8. The van der Waals surface area contributed by atoms with Gasteiger partial charge in [-0.25, -0.2) is 14.4 Å². The second kappa shape index (κ2) is 4.96. The van der Waals surface area contributed by atoms with Crippen LogP contribution in [0.5, 0.6) is 5.88 Å². The molecule has 108 valence electrons. The summed E-state index contributed by atoms with van der Waals surface area (Å²) in [5.41, 5.74) is 8.25. The fourth-order valence-electron chi connectivity index (χ4n) is 2.15. The number of nitrogens with zero attached hydrogens (tertiary/aromatic N) is 4. The molecule has 3 rings (SSSR count). The Kier molecular flexibility index (Phi) is 3.25. The summed E-state index contributed by atoms with van der Waals surface area (Å²) in [6.45, 7) is 1.85. The number of aromatic nitrogens is 4. The fourth-order valence-corrected chi connectivity index (χ4v) is 2.61. The van der Waals surface area contributed by atoms with E-state index in [1.807, 2.05) is 6.92 Å². The zero-order chi connectivity index (χ0) is 15.1. The molecule has 0 aliphatic rings. The van der Waals surface area contributed by atoms with Crippen LogP contribution in [0.15, 0.2) is 22.9 Å². The lowest BCUT2D eigenvalue weighted by Crippen LogP contribution is -2.04. The van der Waals surface area contributed by atoms with Gasteiger partial charge in [0.2, 0.25) is 11.8 Å². The van der Waals surface area contributed by atoms with Crippen LogP contribution in [-0.2, 0) is 0 Å². The first-order valence-corrected chi connectivity index (χ1v) is 6.81. The molecule has 0 aliphatic heterocycles. The van der Waals surface area contributed by atoms with Crippen molar-refractivity contribution in [3.63, 3.8) is 0 Å². The molecule has 21 heavy (non-hydrogen) atoms. The highest BCUT2D eigenvalue weighted by Crippen LogP contribution is 2.30. The molecule has 0 radical (unpaired) electrons. The number of halogens is 2. The molecule has 0 atom stereocenters. The van der Waals surface area contributed by atoms with Crippen LogP contribution in [0.3, 0.4) is 0 Å². The Hall–Kier alpha value is -2.22. The van der Waals surface area contributed by atoms with E-state index >= 15 is 0 Å². The summed E-state index contributed by atoms with van der Waals surface area (Å²) in [4.78, 5) is 12.4. The fraction of sp³-hybridized carbons (Fsp3) is 0.154. The predicted octanol–water partition coefficient (Wildman–Crippen LogP) is 2.62. The molecule has 2 N–H and O–H groups in total. The molecule has 6 nitrogen and oxygen atoms in total. The van der Waals surface area contributed by atoms with Gasteiger partial charge < -0.3 is 10.5 Å². The van der Waals surface area contributed by atoms with Crippen molar-refractivity contribution in [1.82, 2.24) is 19.5 Å². The van der Waals surface area contributed by atoms with Crippen LogP contribution in [0.1, 0.15) is 5.56 Å². The summed E-state index contributed by atoms with van der Waals surface area (Å²) in [5.74, 6) is 0.118. The summed E-state index contributed by atoms with van der Waals surface area (Å²) < 4.78 is 21.0. The Bertz CT molecular complexity index is 848. The average molecular weight is 352 g/mol. The summed E-state index contributed by atoms with van der Waals surface area (Å²) in [6, 6.07) is 3.06. The standard InChI is InChI=1S/C13H11BrFN5O/c1-6-3-7(14)8(15)4-9(6)20-11-10(19-13(20)16)12(21-2)18-5-17-11/h3-5H,1-2H3,(H2,16,19). The lowest BCUT2D eigenvalue weighted by atomic mass is 10.2. The van der Waals surface area contributed by atoms with Crippen molar-refractivity contribution in [2.45, 2.75) is 6.92 Å². The Labute approximate surface area is 127 Å². The van der Waals surface area contributed by atoms with Gasteiger partial charge in [-0.05, 0) is 40.5 Å². The highest BCUT2D eigenvalue weighted by atomic mass is 79.9. The molecule has 3 aromatic rings. The Morgan fingerprint density at radius 2 is 2.10 bits per heavy atom. The van der Waals surface area contributed by atoms with E-state index in [0.29, 0.717) is 27.2 Å². The van der Waals surface area contributed by atoms with E-state index in [9.17, 15) is 4.39 Å². The largest absolute Gasteiger partial charge is 0.479 e. The second-order valence-electron chi connectivity index (χ2n) is 4.41. The lowest BCUT2D eigenvalue weighted by Gasteiger charge is -2.10. The van der Waals surface area contributed by atoms with Gasteiger partial charge in [-0.15, -0.1) is 0 Å². The van der Waals surface area contributed by atoms with E-state index in [2.05, 4.69) is 30.9 Å². The number of nitrogens with two attached hydrogens (primary N) is 1. The third-order valence-electron chi connectivity index (χ3n) is 3.11. The van der Waals surface area contributed by atoms with Gasteiger partial charge in [0.15, 0.2) is 11.2 Å². The molecule has 0 bridgehead atoms. The monoisotopic (exact) mass is 351 g/mol. The quantitative estimate of drug-likeness (QED) is 0.767. The van der Waals surface area contributed by atoms with Gasteiger partial charge in [0.05, 0.1) is 17.3 Å². The number of nitrogen functional groups attached to an aromatic ring is 1. The molecule has 1 aromatic carbocycles. The van der Waals surface area contributed by atoms with Crippen molar-refractivity contribution in [3.8, 4) is 11.6 Å². The van der Waals surface area contributed by atoms with Gasteiger partial charge in [-0.2, -0.15) is 4.98 Å². The van der Waals surface area contributed by atoms with Crippen molar-refractivity contribution in [2.24, 2.45) is 0 Å². The molecule has 2 aromatic heterocycles. The first-order chi connectivity index (χ1) is 10.0. The van der Waals surface area contributed by atoms with Crippen molar-refractivity contribution in [2.75, 3.05) is 12.8 Å². The zero-order valence-electron chi connectivity index (χ0n) is 11.3. The molecule has 0 unspecified atom stereocenters. The molecule has 0 spiro atoms. The first-order valence-electron chi connectivity index (χ1n) is 6.02. The van der Waals surface area contributed by atoms with E-state index in [1.54, 1.807) is 10.6 Å². The molecular formula is C13H11BrFN5O. The van der Waals surface area contributed by atoms with E-state index in [4.69, 9.17) is 10.5 Å². The van der Waals surface area contributed by atoms with Gasteiger partial charge in [-0.3, -0.25) is 4.57 Å². The van der Waals surface area contributed by atoms with E-state index in [-0.39, 0.29) is 5.95 Å².